The zero-order valence-corrected chi connectivity index (χ0v) is 13.6. The van der Waals surface area contributed by atoms with Gasteiger partial charge < -0.3 is 5.11 Å². The second-order valence-corrected chi connectivity index (χ2v) is 6.61. The summed E-state index contributed by atoms with van der Waals surface area (Å²) in [6.07, 6.45) is 2.81. The first-order chi connectivity index (χ1) is 11.0. The quantitative estimate of drug-likeness (QED) is 0.942. The van der Waals surface area contributed by atoms with E-state index in [1.807, 2.05) is 36.1 Å². The molecule has 1 aliphatic rings. The van der Waals surface area contributed by atoms with Crippen LogP contribution in [0.4, 0.5) is 0 Å². The molecule has 2 unspecified atom stereocenters. The van der Waals surface area contributed by atoms with Crippen molar-refractivity contribution in [2.24, 2.45) is 18.9 Å². The summed E-state index contributed by atoms with van der Waals surface area (Å²) >= 11 is 0. The second kappa shape index (κ2) is 6.54. The largest absolute Gasteiger partial charge is 0.481 e. The van der Waals surface area contributed by atoms with Gasteiger partial charge in [0.15, 0.2) is 0 Å². The minimum absolute atomic E-state index is 0.268. The number of carboxylic acids is 1. The molecule has 0 saturated carbocycles. The third-order valence-electron chi connectivity index (χ3n) is 4.43. The summed E-state index contributed by atoms with van der Waals surface area (Å²) in [5.41, 5.74) is 3.23. The van der Waals surface area contributed by atoms with Gasteiger partial charge in [0.05, 0.1) is 11.6 Å². The summed E-state index contributed by atoms with van der Waals surface area (Å²) in [5, 5.41) is 13.9. The standard InChI is InChI=1S/C18H23N3O2/c1-13-8-15(18(22)23)11-21(9-13)12-16-10-20(2)19-17(16)14-6-4-3-5-7-14/h3-7,10,13,15H,8-9,11-12H2,1-2H3,(H,22,23). The van der Waals surface area contributed by atoms with Crippen molar-refractivity contribution in [2.45, 2.75) is 19.9 Å². The second-order valence-electron chi connectivity index (χ2n) is 6.61. The molecule has 0 bridgehead atoms. The molecule has 1 aliphatic heterocycles. The van der Waals surface area contributed by atoms with Crippen LogP contribution in [-0.2, 0) is 18.4 Å². The van der Waals surface area contributed by atoms with Gasteiger partial charge in [-0.05, 0) is 12.3 Å². The Labute approximate surface area is 136 Å². The third-order valence-corrected chi connectivity index (χ3v) is 4.43. The number of aryl methyl sites for hydroxylation is 1. The number of benzene rings is 1. The smallest absolute Gasteiger partial charge is 0.307 e. The molecule has 0 aliphatic carbocycles. The SMILES string of the molecule is CC1CC(C(=O)O)CN(Cc2cn(C)nc2-c2ccccc2)C1. The van der Waals surface area contributed by atoms with E-state index in [0.717, 1.165) is 36.3 Å². The maximum atomic E-state index is 11.3. The van der Waals surface area contributed by atoms with Gasteiger partial charge in [-0.25, -0.2) is 0 Å². The van der Waals surface area contributed by atoms with Crippen LogP contribution in [0.2, 0.25) is 0 Å². The molecular formula is C18H23N3O2. The van der Waals surface area contributed by atoms with E-state index in [-0.39, 0.29) is 5.92 Å². The van der Waals surface area contributed by atoms with Crippen molar-refractivity contribution in [3.05, 3.63) is 42.1 Å². The zero-order valence-electron chi connectivity index (χ0n) is 13.6. The first-order valence-electron chi connectivity index (χ1n) is 8.06. The number of carboxylic acid groups (broad SMARTS) is 1. The van der Waals surface area contributed by atoms with Gasteiger partial charge in [0, 0.05) is 44.0 Å². The normalized spacial score (nSPS) is 22.2. The van der Waals surface area contributed by atoms with Gasteiger partial charge in [0.1, 0.15) is 0 Å². The first-order valence-corrected chi connectivity index (χ1v) is 8.06. The highest BCUT2D eigenvalue weighted by molar-refractivity contribution is 5.70. The van der Waals surface area contributed by atoms with Crippen LogP contribution < -0.4 is 0 Å². The van der Waals surface area contributed by atoms with Gasteiger partial charge in [-0.15, -0.1) is 0 Å². The van der Waals surface area contributed by atoms with E-state index in [0.29, 0.717) is 12.5 Å². The number of rotatable bonds is 4. The van der Waals surface area contributed by atoms with E-state index in [2.05, 4.69) is 29.1 Å². The monoisotopic (exact) mass is 313 g/mol. The first kappa shape index (κ1) is 15.7. The summed E-state index contributed by atoms with van der Waals surface area (Å²) in [7, 11) is 1.93. The molecule has 0 amide bonds. The Balaban J connectivity index is 1.82. The Hall–Kier alpha value is -2.14. The Morgan fingerprint density at radius 3 is 2.74 bits per heavy atom. The average molecular weight is 313 g/mol. The van der Waals surface area contributed by atoms with Gasteiger partial charge in [-0.2, -0.15) is 5.10 Å². The molecule has 5 nitrogen and oxygen atoms in total. The topological polar surface area (TPSA) is 58.4 Å². The predicted octanol–water partition coefficient (Wildman–Crippen LogP) is 2.63. The summed E-state index contributed by atoms with van der Waals surface area (Å²) in [5.74, 6) is -0.548. The lowest BCUT2D eigenvalue weighted by molar-refractivity contribution is -0.144. The predicted molar refractivity (Wildman–Crippen MR) is 88.8 cm³/mol. The lowest BCUT2D eigenvalue weighted by atomic mass is 9.90. The molecule has 0 radical (unpaired) electrons. The molecule has 1 aromatic carbocycles. The van der Waals surface area contributed by atoms with Gasteiger partial charge >= 0.3 is 5.97 Å². The molecule has 1 saturated heterocycles. The van der Waals surface area contributed by atoms with Crippen LogP contribution in [0.25, 0.3) is 11.3 Å². The lowest BCUT2D eigenvalue weighted by Gasteiger charge is -2.34. The number of hydrogen-bond donors (Lipinski definition) is 1. The molecule has 1 N–H and O–H groups in total. The molecular weight excluding hydrogens is 290 g/mol. The molecule has 1 fully saturated rings. The van der Waals surface area contributed by atoms with Gasteiger partial charge in [-0.1, -0.05) is 37.3 Å². The van der Waals surface area contributed by atoms with Crippen molar-refractivity contribution >= 4 is 5.97 Å². The van der Waals surface area contributed by atoms with Crippen LogP contribution in [0.3, 0.4) is 0 Å². The van der Waals surface area contributed by atoms with Crippen LogP contribution in [0.5, 0.6) is 0 Å². The molecule has 1 aromatic heterocycles. The number of hydrogen-bond acceptors (Lipinski definition) is 3. The molecule has 3 rings (SSSR count). The van der Waals surface area contributed by atoms with E-state index < -0.39 is 5.97 Å². The number of piperidine rings is 1. The van der Waals surface area contributed by atoms with Crippen LogP contribution in [0, 0.1) is 11.8 Å². The highest BCUT2D eigenvalue weighted by atomic mass is 16.4. The molecule has 2 heterocycles. The zero-order chi connectivity index (χ0) is 16.4. The van der Waals surface area contributed by atoms with Crippen molar-refractivity contribution in [2.75, 3.05) is 13.1 Å². The molecule has 122 valence electrons. The van der Waals surface area contributed by atoms with Crippen LogP contribution in [0.1, 0.15) is 18.9 Å². The number of nitrogens with zero attached hydrogens (tertiary/aromatic N) is 3. The Bertz CT molecular complexity index is 681. The molecule has 5 heteroatoms. The maximum Gasteiger partial charge on any atom is 0.307 e. The van der Waals surface area contributed by atoms with Gasteiger partial charge in [0.2, 0.25) is 0 Å². The summed E-state index contributed by atoms with van der Waals surface area (Å²) in [6, 6.07) is 10.1. The fourth-order valence-electron chi connectivity index (χ4n) is 3.50. The molecule has 23 heavy (non-hydrogen) atoms. The fourth-order valence-corrected chi connectivity index (χ4v) is 3.50. The number of aromatic nitrogens is 2. The number of likely N-dealkylation sites (tertiary alicyclic amines) is 1. The maximum absolute atomic E-state index is 11.3. The van der Waals surface area contributed by atoms with E-state index in [1.165, 1.54) is 0 Å². The Kier molecular flexibility index (Phi) is 4.48. The van der Waals surface area contributed by atoms with Crippen LogP contribution in [-0.4, -0.2) is 38.8 Å². The van der Waals surface area contributed by atoms with E-state index in [1.54, 1.807) is 0 Å². The minimum atomic E-state index is -0.684. The van der Waals surface area contributed by atoms with Crippen LogP contribution >= 0.6 is 0 Å². The highest BCUT2D eigenvalue weighted by Crippen LogP contribution is 2.27. The minimum Gasteiger partial charge on any atom is -0.481 e. The van der Waals surface area contributed by atoms with Crippen molar-refractivity contribution in [1.29, 1.82) is 0 Å². The van der Waals surface area contributed by atoms with Crippen molar-refractivity contribution in [3.63, 3.8) is 0 Å². The lowest BCUT2D eigenvalue weighted by Crippen LogP contribution is -2.41. The number of carbonyl (C=O) groups is 1. The summed E-state index contributed by atoms with van der Waals surface area (Å²) < 4.78 is 1.83. The highest BCUT2D eigenvalue weighted by Gasteiger charge is 2.30. The summed E-state index contributed by atoms with van der Waals surface area (Å²) in [6.45, 7) is 4.42. The third kappa shape index (κ3) is 3.62. The number of aliphatic carboxylic acids is 1. The van der Waals surface area contributed by atoms with Gasteiger partial charge in [-0.3, -0.25) is 14.4 Å². The van der Waals surface area contributed by atoms with Crippen LogP contribution in [0.15, 0.2) is 36.5 Å². The van der Waals surface area contributed by atoms with E-state index in [9.17, 15) is 9.90 Å². The van der Waals surface area contributed by atoms with Crippen molar-refractivity contribution in [3.8, 4) is 11.3 Å². The van der Waals surface area contributed by atoms with Gasteiger partial charge in [0.25, 0.3) is 0 Å². The summed E-state index contributed by atoms with van der Waals surface area (Å²) in [4.78, 5) is 13.6. The average Bonchev–Trinajstić information content (AvgIpc) is 2.88. The Morgan fingerprint density at radius 2 is 2.04 bits per heavy atom. The van der Waals surface area contributed by atoms with Crippen molar-refractivity contribution < 1.29 is 9.90 Å². The molecule has 2 aromatic rings. The molecule has 0 spiro atoms. The van der Waals surface area contributed by atoms with E-state index in [4.69, 9.17) is 0 Å². The van der Waals surface area contributed by atoms with E-state index >= 15 is 0 Å². The Morgan fingerprint density at radius 1 is 1.30 bits per heavy atom. The van der Waals surface area contributed by atoms with Crippen molar-refractivity contribution in [1.82, 2.24) is 14.7 Å². The molecule has 2 atom stereocenters. The fraction of sp³-hybridized carbons (Fsp3) is 0.444.